The SMILES string of the molecule is C#C[C@@H]1CC[C@H]2[C@@H]3CC[C@H]4CC=CC[C@]4(C)[C@H]3CC[C@]12C. The minimum atomic E-state index is 0.462. The zero-order chi connectivity index (χ0) is 14.7. The maximum absolute atomic E-state index is 5.87. The van der Waals surface area contributed by atoms with Crippen molar-refractivity contribution in [2.45, 2.75) is 65.2 Å². The molecule has 0 unspecified atom stereocenters. The van der Waals surface area contributed by atoms with Crippen molar-refractivity contribution < 1.29 is 0 Å². The molecule has 0 heteroatoms. The molecule has 0 amide bonds. The van der Waals surface area contributed by atoms with Gasteiger partial charge in [-0.25, -0.2) is 0 Å². The first kappa shape index (κ1) is 13.9. The molecule has 0 saturated heterocycles. The average molecular weight is 282 g/mol. The van der Waals surface area contributed by atoms with Crippen LogP contribution >= 0.6 is 0 Å². The van der Waals surface area contributed by atoms with Gasteiger partial charge in [-0.1, -0.05) is 26.0 Å². The number of allylic oxidation sites excluding steroid dienone is 2. The van der Waals surface area contributed by atoms with E-state index in [1.54, 1.807) is 0 Å². The lowest BCUT2D eigenvalue weighted by molar-refractivity contribution is -0.0920. The Bertz CT molecular complexity index is 495. The Balaban J connectivity index is 1.66. The molecule has 0 aromatic carbocycles. The van der Waals surface area contributed by atoms with E-state index in [2.05, 4.69) is 31.9 Å². The van der Waals surface area contributed by atoms with E-state index in [4.69, 9.17) is 6.42 Å². The third-order valence-electron chi connectivity index (χ3n) is 8.41. The molecule has 7 atom stereocenters. The molecular weight excluding hydrogens is 252 g/mol. The minimum Gasteiger partial charge on any atom is -0.120 e. The summed E-state index contributed by atoms with van der Waals surface area (Å²) in [6.45, 7) is 5.15. The van der Waals surface area contributed by atoms with Crippen LogP contribution in [0, 0.1) is 52.8 Å². The van der Waals surface area contributed by atoms with E-state index < -0.39 is 0 Å². The van der Waals surface area contributed by atoms with Gasteiger partial charge in [0.15, 0.2) is 0 Å². The van der Waals surface area contributed by atoms with Crippen molar-refractivity contribution in [2.24, 2.45) is 40.4 Å². The summed E-state index contributed by atoms with van der Waals surface area (Å²) in [7, 11) is 0. The lowest BCUT2D eigenvalue weighted by Gasteiger charge is -2.59. The smallest absolute Gasteiger partial charge is 0.0256 e. The number of fused-ring (bicyclic) bond motifs is 5. The van der Waals surface area contributed by atoms with Gasteiger partial charge in [0, 0.05) is 5.92 Å². The van der Waals surface area contributed by atoms with Crippen molar-refractivity contribution in [3.8, 4) is 12.3 Å². The van der Waals surface area contributed by atoms with Crippen LogP contribution in [0.3, 0.4) is 0 Å². The van der Waals surface area contributed by atoms with E-state index in [9.17, 15) is 0 Å². The number of hydrogen-bond donors (Lipinski definition) is 0. The summed E-state index contributed by atoms with van der Waals surface area (Å²) in [6, 6.07) is 0. The summed E-state index contributed by atoms with van der Waals surface area (Å²) >= 11 is 0. The van der Waals surface area contributed by atoms with Gasteiger partial charge in [-0.3, -0.25) is 0 Å². The first-order valence-corrected chi connectivity index (χ1v) is 9.21. The van der Waals surface area contributed by atoms with Crippen molar-refractivity contribution in [1.82, 2.24) is 0 Å². The van der Waals surface area contributed by atoms with Crippen molar-refractivity contribution in [3.05, 3.63) is 12.2 Å². The monoisotopic (exact) mass is 282 g/mol. The molecule has 3 saturated carbocycles. The predicted octanol–water partition coefficient (Wildman–Crippen LogP) is 5.44. The molecule has 0 N–H and O–H groups in total. The van der Waals surface area contributed by atoms with Gasteiger partial charge in [-0.2, -0.15) is 0 Å². The quantitative estimate of drug-likeness (QED) is 0.409. The Morgan fingerprint density at radius 1 is 0.952 bits per heavy atom. The van der Waals surface area contributed by atoms with Gasteiger partial charge >= 0.3 is 0 Å². The predicted molar refractivity (Wildman–Crippen MR) is 88.6 cm³/mol. The topological polar surface area (TPSA) is 0 Å². The summed E-state index contributed by atoms with van der Waals surface area (Å²) in [5.74, 6) is 7.52. The summed E-state index contributed by atoms with van der Waals surface area (Å²) in [5, 5.41) is 0. The van der Waals surface area contributed by atoms with Gasteiger partial charge in [0.2, 0.25) is 0 Å². The van der Waals surface area contributed by atoms with E-state index in [1.807, 2.05) is 0 Å². The van der Waals surface area contributed by atoms with Crippen molar-refractivity contribution in [1.29, 1.82) is 0 Å². The molecule has 0 radical (unpaired) electrons. The largest absolute Gasteiger partial charge is 0.120 e. The normalized spacial score (nSPS) is 55.2. The van der Waals surface area contributed by atoms with Crippen molar-refractivity contribution in [3.63, 3.8) is 0 Å². The Labute approximate surface area is 130 Å². The summed E-state index contributed by atoms with van der Waals surface area (Å²) in [5.41, 5.74) is 1.05. The fourth-order valence-corrected chi connectivity index (χ4v) is 7.11. The Hall–Kier alpha value is -0.700. The van der Waals surface area contributed by atoms with Crippen LogP contribution in [0.4, 0.5) is 0 Å². The van der Waals surface area contributed by atoms with Gasteiger partial charge in [-0.15, -0.1) is 12.3 Å². The molecule has 4 aliphatic carbocycles. The molecule has 0 aromatic heterocycles. The zero-order valence-corrected chi connectivity index (χ0v) is 13.8. The van der Waals surface area contributed by atoms with Gasteiger partial charge in [0.25, 0.3) is 0 Å². The number of hydrogen-bond acceptors (Lipinski definition) is 0. The zero-order valence-electron chi connectivity index (χ0n) is 13.8. The average Bonchev–Trinajstić information content (AvgIpc) is 2.83. The van der Waals surface area contributed by atoms with Crippen LogP contribution in [0.1, 0.15) is 65.2 Å². The summed E-state index contributed by atoms with van der Waals surface area (Å²) in [4.78, 5) is 0. The van der Waals surface area contributed by atoms with Gasteiger partial charge in [-0.05, 0) is 85.9 Å². The Morgan fingerprint density at radius 2 is 1.76 bits per heavy atom. The maximum Gasteiger partial charge on any atom is 0.0256 e. The molecule has 3 fully saturated rings. The third-order valence-corrected chi connectivity index (χ3v) is 8.41. The molecule has 0 nitrogen and oxygen atoms in total. The molecule has 0 spiro atoms. The number of rotatable bonds is 0. The second kappa shape index (κ2) is 4.65. The van der Waals surface area contributed by atoms with E-state index in [1.165, 1.54) is 51.4 Å². The van der Waals surface area contributed by atoms with Crippen LogP contribution < -0.4 is 0 Å². The molecule has 4 aliphatic rings. The van der Waals surface area contributed by atoms with Crippen LogP contribution in [-0.4, -0.2) is 0 Å². The van der Waals surface area contributed by atoms with E-state index >= 15 is 0 Å². The molecule has 0 bridgehead atoms. The minimum absolute atomic E-state index is 0.462. The molecular formula is C21H30. The van der Waals surface area contributed by atoms with Gasteiger partial charge in [0.05, 0.1) is 0 Å². The molecule has 4 rings (SSSR count). The highest BCUT2D eigenvalue weighted by atomic mass is 14.6. The number of terminal acetylenes is 1. The molecule has 0 aliphatic heterocycles. The summed E-state index contributed by atoms with van der Waals surface area (Å²) in [6.07, 6.45) is 21.9. The second-order valence-electron chi connectivity index (χ2n) is 8.91. The van der Waals surface area contributed by atoms with Crippen molar-refractivity contribution in [2.75, 3.05) is 0 Å². The second-order valence-corrected chi connectivity index (χ2v) is 8.91. The molecule has 114 valence electrons. The van der Waals surface area contributed by atoms with Crippen LogP contribution in [0.15, 0.2) is 12.2 Å². The highest BCUT2D eigenvalue weighted by Gasteiger charge is 2.59. The lowest BCUT2D eigenvalue weighted by Crippen LogP contribution is -2.52. The highest BCUT2D eigenvalue weighted by Crippen LogP contribution is 2.66. The fraction of sp³-hybridized carbons (Fsp3) is 0.810. The molecule has 21 heavy (non-hydrogen) atoms. The first-order chi connectivity index (χ1) is 10.1. The van der Waals surface area contributed by atoms with Crippen LogP contribution in [0.5, 0.6) is 0 Å². The van der Waals surface area contributed by atoms with E-state index in [-0.39, 0.29) is 0 Å². The van der Waals surface area contributed by atoms with Gasteiger partial charge < -0.3 is 0 Å². The van der Waals surface area contributed by atoms with E-state index in [0.717, 1.165) is 23.7 Å². The van der Waals surface area contributed by atoms with Crippen molar-refractivity contribution >= 4 is 0 Å². The lowest BCUT2D eigenvalue weighted by atomic mass is 9.45. The maximum atomic E-state index is 5.87. The highest BCUT2D eigenvalue weighted by molar-refractivity contribution is 5.15. The van der Waals surface area contributed by atoms with Crippen LogP contribution in [-0.2, 0) is 0 Å². The van der Waals surface area contributed by atoms with Gasteiger partial charge in [0.1, 0.15) is 0 Å². The summed E-state index contributed by atoms with van der Waals surface area (Å²) < 4.78 is 0. The molecule has 0 aromatic rings. The third kappa shape index (κ3) is 1.76. The fourth-order valence-electron chi connectivity index (χ4n) is 7.11. The Morgan fingerprint density at radius 3 is 2.57 bits per heavy atom. The first-order valence-electron chi connectivity index (χ1n) is 9.21. The molecule has 0 heterocycles. The van der Waals surface area contributed by atoms with Crippen LogP contribution in [0.25, 0.3) is 0 Å². The van der Waals surface area contributed by atoms with Crippen LogP contribution in [0.2, 0.25) is 0 Å². The standard InChI is InChI=1S/C21H30/c1-4-15-9-11-18-17-10-8-16-7-5-6-13-20(16,2)19(17)12-14-21(15,18)3/h1,5-6,15-19H,7-14H2,2-3H3/t15-,16-,17+,18+,19+,20+,21-/m1/s1. The van der Waals surface area contributed by atoms with E-state index in [0.29, 0.717) is 16.7 Å². The Kier molecular flexibility index (Phi) is 3.08.